The van der Waals surface area contributed by atoms with Crippen LogP contribution in [0.15, 0.2) is 42.9 Å². The highest BCUT2D eigenvalue weighted by Crippen LogP contribution is 2.37. The predicted octanol–water partition coefficient (Wildman–Crippen LogP) is 4.40. The predicted molar refractivity (Wildman–Crippen MR) is 122 cm³/mol. The van der Waals surface area contributed by atoms with Crippen molar-refractivity contribution in [2.75, 3.05) is 7.11 Å². The van der Waals surface area contributed by atoms with Gasteiger partial charge in [-0.1, -0.05) is 12.1 Å². The minimum atomic E-state index is -1.79. The van der Waals surface area contributed by atoms with Gasteiger partial charge in [0.1, 0.15) is 11.4 Å². The molecule has 2 aromatic carbocycles. The molecule has 4 aromatic rings. The largest absolute Gasteiger partial charge is 0.495 e. The fourth-order valence-corrected chi connectivity index (χ4v) is 4.29. The number of imidazole rings is 1. The Morgan fingerprint density at radius 1 is 1.11 bits per heavy atom. The molecule has 1 atom stereocenters. The summed E-state index contributed by atoms with van der Waals surface area (Å²) < 4.78 is 50.1. The molecule has 0 saturated carbocycles. The molecule has 0 bridgehead atoms. The lowest BCUT2D eigenvalue weighted by Gasteiger charge is -2.31. The van der Waals surface area contributed by atoms with Crippen LogP contribution in [0.1, 0.15) is 41.3 Å². The summed E-state index contributed by atoms with van der Waals surface area (Å²) in [5, 5.41) is 15.7. The number of rotatable bonds is 5. The van der Waals surface area contributed by atoms with Gasteiger partial charge in [0.2, 0.25) is 0 Å². The smallest absolute Gasteiger partial charge is 0.194 e. The van der Waals surface area contributed by atoms with E-state index >= 15 is 0 Å². The molecule has 10 heteroatoms. The van der Waals surface area contributed by atoms with Crippen LogP contribution in [0.4, 0.5) is 13.2 Å². The topological polar surface area (TPSA) is 78.0 Å². The highest BCUT2D eigenvalue weighted by atomic mass is 19.2. The molecule has 0 fully saturated rings. The molecule has 1 unspecified atom stereocenters. The molecule has 0 saturated heterocycles. The number of nitrogens with zero attached hydrogens (tertiary/aromatic N) is 5. The van der Waals surface area contributed by atoms with Crippen molar-refractivity contribution in [2.45, 2.75) is 31.9 Å². The molecule has 0 amide bonds. The number of ether oxygens (including phenoxy) is 1. The van der Waals surface area contributed by atoms with Crippen molar-refractivity contribution in [1.29, 1.82) is 0 Å². The van der Waals surface area contributed by atoms with Gasteiger partial charge in [-0.3, -0.25) is 0 Å². The van der Waals surface area contributed by atoms with Gasteiger partial charge in [0.15, 0.2) is 29.1 Å². The van der Waals surface area contributed by atoms with Crippen LogP contribution in [0.25, 0.3) is 17.8 Å². The first-order chi connectivity index (χ1) is 16.8. The van der Waals surface area contributed by atoms with E-state index in [0.29, 0.717) is 24.5 Å². The van der Waals surface area contributed by atoms with E-state index in [4.69, 9.17) is 4.74 Å². The molecule has 3 heterocycles. The third kappa shape index (κ3) is 4.10. The van der Waals surface area contributed by atoms with Crippen LogP contribution < -0.4 is 4.74 Å². The normalized spacial score (nSPS) is 17.7. The van der Waals surface area contributed by atoms with E-state index < -0.39 is 23.1 Å². The van der Waals surface area contributed by atoms with E-state index in [0.717, 1.165) is 29.1 Å². The number of benzene rings is 2. The molecule has 180 valence electrons. The monoisotopic (exact) mass is 481 g/mol. The molecule has 1 aliphatic rings. The summed E-state index contributed by atoms with van der Waals surface area (Å²) in [7, 11) is 1.59. The van der Waals surface area contributed by atoms with Crippen LogP contribution >= 0.6 is 0 Å². The zero-order valence-electron chi connectivity index (χ0n) is 19.0. The van der Waals surface area contributed by atoms with E-state index in [-0.39, 0.29) is 17.8 Å². The summed E-state index contributed by atoms with van der Waals surface area (Å²) in [4.78, 5) is 8.66. The maximum atomic E-state index is 13.9. The number of methoxy groups -OCH3 is 1. The Morgan fingerprint density at radius 3 is 2.57 bits per heavy atom. The first-order valence-corrected chi connectivity index (χ1v) is 11.0. The van der Waals surface area contributed by atoms with Crippen LogP contribution in [0.3, 0.4) is 0 Å². The number of hydrogen-bond donors (Lipinski definition) is 1. The van der Waals surface area contributed by atoms with Gasteiger partial charge in [-0.2, -0.15) is 5.10 Å². The van der Waals surface area contributed by atoms with Crippen molar-refractivity contribution in [3.8, 4) is 11.4 Å². The molecule has 5 rings (SSSR count). The van der Waals surface area contributed by atoms with Crippen molar-refractivity contribution >= 4 is 12.2 Å². The van der Waals surface area contributed by atoms with Gasteiger partial charge < -0.3 is 14.4 Å². The van der Waals surface area contributed by atoms with Crippen LogP contribution in [0.2, 0.25) is 0 Å². The highest BCUT2D eigenvalue weighted by molar-refractivity contribution is 5.69. The number of hydrogen-bond acceptors (Lipinski definition) is 5. The Kier molecular flexibility index (Phi) is 5.68. The minimum Gasteiger partial charge on any atom is -0.495 e. The van der Waals surface area contributed by atoms with Gasteiger partial charge in [-0.05, 0) is 61.2 Å². The van der Waals surface area contributed by atoms with Crippen LogP contribution in [-0.2, 0) is 12.1 Å². The second-order valence-corrected chi connectivity index (χ2v) is 8.42. The molecule has 0 spiro atoms. The molecule has 1 N–H and O–H groups in total. The van der Waals surface area contributed by atoms with Crippen molar-refractivity contribution in [3.05, 3.63) is 88.8 Å². The molecule has 0 radical (unpaired) electrons. The first-order valence-electron chi connectivity index (χ1n) is 11.0. The van der Waals surface area contributed by atoms with Gasteiger partial charge in [-0.25, -0.2) is 27.8 Å². The number of aromatic nitrogens is 5. The lowest BCUT2D eigenvalue weighted by atomic mass is 9.86. The molecular formula is C25H22F3N5O2. The Balaban J connectivity index is 1.45. The van der Waals surface area contributed by atoms with E-state index in [1.54, 1.807) is 25.6 Å². The quantitative estimate of drug-likeness (QED) is 0.428. The fourth-order valence-electron chi connectivity index (χ4n) is 4.29. The summed E-state index contributed by atoms with van der Waals surface area (Å²) in [5.41, 5.74) is 0.656. The molecule has 35 heavy (non-hydrogen) atoms. The van der Waals surface area contributed by atoms with Gasteiger partial charge in [0.25, 0.3) is 0 Å². The molecule has 1 aliphatic heterocycles. The number of halogens is 3. The third-order valence-corrected chi connectivity index (χ3v) is 6.05. The fraction of sp³-hybridized carbons (Fsp3) is 0.240. The number of aryl methyl sites for hydroxylation is 2. The SMILES string of the molecule is COc1cc(C=Cc2nc3n(n2)CCCC3(O)c2cc(F)c(F)c(F)c2)ccc1-n1cnc(C)c1. The molecular weight excluding hydrogens is 459 g/mol. The maximum Gasteiger partial charge on any atom is 0.194 e. The van der Waals surface area contributed by atoms with Gasteiger partial charge in [0, 0.05) is 12.7 Å². The Bertz CT molecular complexity index is 1420. The number of aliphatic hydroxyl groups is 1. The van der Waals surface area contributed by atoms with Crippen LogP contribution in [0.5, 0.6) is 5.75 Å². The Morgan fingerprint density at radius 2 is 1.89 bits per heavy atom. The molecule has 0 aliphatic carbocycles. The van der Waals surface area contributed by atoms with E-state index in [2.05, 4.69) is 15.1 Å². The van der Waals surface area contributed by atoms with Crippen LogP contribution in [0, 0.1) is 24.4 Å². The molecule has 2 aromatic heterocycles. The maximum absolute atomic E-state index is 13.9. The first kappa shape index (κ1) is 22.9. The third-order valence-electron chi connectivity index (χ3n) is 6.05. The van der Waals surface area contributed by atoms with Crippen molar-refractivity contribution in [3.63, 3.8) is 0 Å². The average Bonchev–Trinajstić information content (AvgIpc) is 3.47. The summed E-state index contributed by atoms with van der Waals surface area (Å²) in [6.07, 6.45) is 7.75. The van der Waals surface area contributed by atoms with E-state index in [1.165, 1.54) is 4.68 Å². The molecule has 7 nitrogen and oxygen atoms in total. The van der Waals surface area contributed by atoms with E-state index in [9.17, 15) is 18.3 Å². The lowest BCUT2D eigenvalue weighted by Crippen LogP contribution is -2.36. The van der Waals surface area contributed by atoms with Crippen molar-refractivity contribution in [2.24, 2.45) is 0 Å². The second-order valence-electron chi connectivity index (χ2n) is 8.42. The zero-order chi connectivity index (χ0) is 24.7. The lowest BCUT2D eigenvalue weighted by molar-refractivity contribution is 0.0387. The summed E-state index contributed by atoms with van der Waals surface area (Å²) >= 11 is 0. The van der Waals surface area contributed by atoms with Crippen molar-refractivity contribution in [1.82, 2.24) is 24.3 Å². The average molecular weight is 481 g/mol. The van der Waals surface area contributed by atoms with Crippen LogP contribution in [-0.4, -0.2) is 36.5 Å². The Hall–Kier alpha value is -3.92. The van der Waals surface area contributed by atoms with Gasteiger partial charge in [-0.15, -0.1) is 0 Å². The highest BCUT2D eigenvalue weighted by Gasteiger charge is 2.40. The summed E-state index contributed by atoms with van der Waals surface area (Å²) in [6, 6.07) is 7.26. The second kappa shape index (κ2) is 8.70. The Labute approximate surface area is 199 Å². The zero-order valence-corrected chi connectivity index (χ0v) is 19.0. The summed E-state index contributed by atoms with van der Waals surface area (Å²) in [6.45, 7) is 2.39. The van der Waals surface area contributed by atoms with Gasteiger partial charge >= 0.3 is 0 Å². The van der Waals surface area contributed by atoms with E-state index in [1.807, 2.05) is 35.9 Å². The van der Waals surface area contributed by atoms with Crippen molar-refractivity contribution < 1.29 is 23.0 Å². The summed E-state index contributed by atoms with van der Waals surface area (Å²) in [5.74, 6) is -3.20. The number of fused-ring (bicyclic) bond motifs is 1. The van der Waals surface area contributed by atoms with Gasteiger partial charge in [0.05, 0.1) is 24.8 Å². The minimum absolute atomic E-state index is 0.104. The standard InChI is InChI=1S/C25H22F3N5O2/c1-15-13-32(14-29-15)20-6-4-16(10-21(20)35-2)5-7-22-30-24-25(34,8-3-9-33(24)31-22)17-11-18(26)23(28)19(27)12-17/h4-7,10-14,34H,3,8-9H2,1-2H3.